The topological polar surface area (TPSA) is 39.9 Å². The van der Waals surface area contributed by atoms with Crippen LogP contribution in [0.15, 0.2) is 225 Å². The van der Waals surface area contributed by atoms with Crippen molar-refractivity contribution in [1.29, 1.82) is 0 Å². The predicted molar refractivity (Wildman–Crippen MR) is 288 cm³/mol. The van der Waals surface area contributed by atoms with Crippen LogP contribution < -0.4 is 4.74 Å². The molecule has 0 radical (unpaired) electrons. The average Bonchev–Trinajstić information content (AvgIpc) is 4.20. The largest absolute Gasteiger partial charge is 0.457 e. The van der Waals surface area contributed by atoms with Crippen molar-refractivity contribution in [2.75, 3.05) is 0 Å². The molecule has 4 aromatic heterocycles. The van der Waals surface area contributed by atoms with E-state index in [0.29, 0.717) is 0 Å². The highest BCUT2D eigenvalue weighted by Crippen LogP contribution is 2.67. The molecule has 5 heteroatoms. The number of benzene rings is 9. The minimum Gasteiger partial charge on any atom is -0.457 e. The van der Waals surface area contributed by atoms with E-state index in [2.05, 4.69) is 223 Å². The lowest BCUT2D eigenvalue weighted by molar-refractivity contribution is 0.435. The molecule has 4 nitrogen and oxygen atoms in total. The first-order valence-corrected chi connectivity index (χ1v) is 25.2. The summed E-state index contributed by atoms with van der Waals surface area (Å²) >= 11 is 1.86. The zero-order valence-electron chi connectivity index (χ0n) is 38.0. The second-order valence-corrected chi connectivity index (χ2v) is 20.6. The Morgan fingerprint density at radius 2 is 1.01 bits per heavy atom. The van der Waals surface area contributed by atoms with E-state index in [1.165, 1.54) is 81.0 Å². The summed E-state index contributed by atoms with van der Waals surface area (Å²) in [5, 5.41) is 5.07. The zero-order valence-corrected chi connectivity index (χ0v) is 38.8. The fraction of sp³-hybridized carbons (Fsp3) is 0.0303. The van der Waals surface area contributed by atoms with Crippen LogP contribution in [-0.2, 0) is 10.8 Å². The molecule has 0 amide bonds. The summed E-state index contributed by atoms with van der Waals surface area (Å²) in [5.41, 5.74) is 20.8. The fourth-order valence-corrected chi connectivity index (χ4v) is 14.7. The highest BCUT2D eigenvalue weighted by atomic mass is 32.1. The summed E-state index contributed by atoms with van der Waals surface area (Å²) in [6.07, 6.45) is 3.96. The first-order valence-electron chi connectivity index (χ1n) is 24.4. The monoisotopic (exact) mass is 919 g/mol. The maximum atomic E-state index is 7.25. The molecule has 17 rings (SSSR count). The molecule has 3 aliphatic carbocycles. The number of para-hydroxylation sites is 2. The van der Waals surface area contributed by atoms with E-state index < -0.39 is 10.8 Å². The highest BCUT2D eigenvalue weighted by Gasteiger charge is 2.56. The van der Waals surface area contributed by atoms with Crippen LogP contribution in [0.3, 0.4) is 0 Å². The highest BCUT2D eigenvalue weighted by molar-refractivity contribution is 7.25. The summed E-state index contributed by atoms with van der Waals surface area (Å²) in [4.78, 5) is 10.6. The molecular formula is C66H37N3OS. The molecule has 4 aliphatic rings. The Kier molecular flexibility index (Phi) is 7.20. The maximum Gasteiger partial charge on any atom is 0.132 e. The molecule has 71 heavy (non-hydrogen) atoms. The Balaban J connectivity index is 0.926. The van der Waals surface area contributed by atoms with Crippen LogP contribution >= 0.6 is 11.3 Å². The van der Waals surface area contributed by atoms with Gasteiger partial charge in [0.15, 0.2) is 0 Å². The number of rotatable bonds is 2. The van der Waals surface area contributed by atoms with Crippen molar-refractivity contribution in [2.24, 2.45) is 0 Å². The third-order valence-electron chi connectivity index (χ3n) is 16.4. The number of nitrogens with zero attached hydrogens (tertiary/aromatic N) is 3. The van der Waals surface area contributed by atoms with Gasteiger partial charge in [-0.1, -0.05) is 146 Å². The summed E-state index contributed by atoms with van der Waals surface area (Å²) in [6, 6.07) is 78.6. The van der Waals surface area contributed by atoms with E-state index >= 15 is 0 Å². The molecule has 9 aromatic carbocycles. The van der Waals surface area contributed by atoms with Crippen LogP contribution in [0, 0.1) is 0 Å². The second-order valence-electron chi connectivity index (χ2n) is 19.5. The van der Waals surface area contributed by atoms with Gasteiger partial charge in [0.05, 0.1) is 33.3 Å². The van der Waals surface area contributed by atoms with E-state index in [-0.39, 0.29) is 0 Å². The number of hydrogen-bond donors (Lipinski definition) is 0. The Labute approximate surface area is 412 Å². The Hall–Kier alpha value is -8.90. The molecule has 1 aliphatic heterocycles. The second kappa shape index (κ2) is 13.4. The summed E-state index contributed by atoms with van der Waals surface area (Å²) in [7, 11) is 0. The number of thiophene rings is 1. The molecular weight excluding hydrogens is 883 g/mol. The molecule has 0 fully saturated rings. The molecule has 13 aromatic rings. The van der Waals surface area contributed by atoms with Crippen LogP contribution in [0.5, 0.6) is 11.5 Å². The van der Waals surface area contributed by atoms with Crippen molar-refractivity contribution >= 4 is 53.3 Å². The molecule has 1 atom stereocenters. The van der Waals surface area contributed by atoms with Crippen molar-refractivity contribution in [3.63, 3.8) is 0 Å². The van der Waals surface area contributed by atoms with Gasteiger partial charge in [-0.25, -0.2) is 0 Å². The Morgan fingerprint density at radius 3 is 1.82 bits per heavy atom. The quantitative estimate of drug-likeness (QED) is 0.173. The summed E-state index contributed by atoms with van der Waals surface area (Å²) in [5.74, 6) is 1.69. The maximum absolute atomic E-state index is 7.25. The molecule has 0 saturated carbocycles. The van der Waals surface area contributed by atoms with Gasteiger partial charge in [0.25, 0.3) is 0 Å². The minimum absolute atomic E-state index is 0.506. The normalized spacial score (nSPS) is 15.9. The smallest absolute Gasteiger partial charge is 0.132 e. The van der Waals surface area contributed by atoms with Crippen molar-refractivity contribution in [3.8, 4) is 62.0 Å². The van der Waals surface area contributed by atoms with Crippen molar-refractivity contribution in [1.82, 2.24) is 14.5 Å². The van der Waals surface area contributed by atoms with E-state index in [9.17, 15) is 0 Å². The van der Waals surface area contributed by atoms with Crippen LogP contribution in [0.1, 0.15) is 44.5 Å². The number of pyridine rings is 2. The number of ether oxygens (including phenoxy) is 1. The Morgan fingerprint density at radius 1 is 0.366 bits per heavy atom. The molecule has 0 bridgehead atoms. The lowest BCUT2D eigenvalue weighted by Gasteiger charge is -2.40. The third kappa shape index (κ3) is 4.61. The third-order valence-corrected chi connectivity index (χ3v) is 17.5. The molecule has 2 spiro atoms. The van der Waals surface area contributed by atoms with Crippen LogP contribution in [-0.4, -0.2) is 14.5 Å². The van der Waals surface area contributed by atoms with Crippen molar-refractivity contribution in [2.45, 2.75) is 10.8 Å². The van der Waals surface area contributed by atoms with Gasteiger partial charge in [-0.2, -0.15) is 0 Å². The number of fused-ring (bicyclic) bond motifs is 25. The molecule has 1 unspecified atom stereocenters. The van der Waals surface area contributed by atoms with E-state index in [4.69, 9.17) is 14.7 Å². The fourth-order valence-electron chi connectivity index (χ4n) is 13.6. The minimum atomic E-state index is -0.783. The van der Waals surface area contributed by atoms with Gasteiger partial charge in [-0.15, -0.1) is 11.3 Å². The summed E-state index contributed by atoms with van der Waals surface area (Å²) < 4.78 is 12.3. The van der Waals surface area contributed by atoms with E-state index in [1.807, 2.05) is 17.5 Å². The first kappa shape index (κ1) is 38.0. The molecule has 0 saturated heterocycles. The zero-order chi connectivity index (χ0) is 46.2. The van der Waals surface area contributed by atoms with Gasteiger partial charge in [-0.05, 0) is 122 Å². The molecule has 0 N–H and O–H groups in total. The number of hydrogen-bond acceptors (Lipinski definition) is 4. The SMILES string of the molecule is c1ccc(-n2c3cc(-c4cnc5c(c4)C4(c6ccccc6Oc6cc7c(cc64)-c4ccccc4C74c6ccccc6-c6ccccc64)c4cccnc4-5)ccc3c3cc4c(cc32)sc2ccccc24)cc1. The van der Waals surface area contributed by atoms with Crippen LogP contribution in [0.2, 0.25) is 0 Å². The van der Waals surface area contributed by atoms with E-state index in [1.54, 1.807) is 0 Å². The van der Waals surface area contributed by atoms with Gasteiger partial charge in [0.1, 0.15) is 11.5 Å². The average molecular weight is 920 g/mol. The van der Waals surface area contributed by atoms with Gasteiger partial charge in [0.2, 0.25) is 0 Å². The van der Waals surface area contributed by atoms with Crippen molar-refractivity contribution < 1.29 is 4.74 Å². The van der Waals surface area contributed by atoms with Gasteiger partial charge >= 0.3 is 0 Å². The van der Waals surface area contributed by atoms with Crippen LogP contribution in [0.25, 0.3) is 92.4 Å². The van der Waals surface area contributed by atoms with Gasteiger partial charge in [-0.3, -0.25) is 9.97 Å². The van der Waals surface area contributed by atoms with Crippen LogP contribution in [0.4, 0.5) is 0 Å². The predicted octanol–water partition coefficient (Wildman–Crippen LogP) is 16.4. The lowest BCUT2D eigenvalue weighted by atomic mass is 9.65. The molecule has 5 heterocycles. The van der Waals surface area contributed by atoms with Crippen molar-refractivity contribution in [3.05, 3.63) is 269 Å². The van der Waals surface area contributed by atoms with Gasteiger partial charge < -0.3 is 9.30 Å². The molecule has 328 valence electrons. The van der Waals surface area contributed by atoms with E-state index in [0.717, 1.165) is 67.5 Å². The summed E-state index contributed by atoms with van der Waals surface area (Å²) in [6.45, 7) is 0. The van der Waals surface area contributed by atoms with Gasteiger partial charge in [0, 0.05) is 71.3 Å². The first-order chi connectivity index (χ1) is 35.2. The standard InChI is InChI=1S/C66H37N3OS/c1-2-15-40(16-3-1)69-57-32-38(28-29-44(57)47-33-48-45-20-7-13-27-61(45)71-62(48)36-58(47)69)39-31-56-64(68-37-39)63-53(25-14-30-67-63)66(56)52-24-11-12-26-59(52)70-60-35-54-46(34-55(60)66)43-19-6-10-23-51(43)65(54)49-21-8-4-17-41(49)42-18-5-9-22-50(42)65/h1-37H. The number of aromatic nitrogens is 3. The lowest BCUT2D eigenvalue weighted by Crippen LogP contribution is -2.33. The Bertz CT molecular complexity index is 4480.